The van der Waals surface area contributed by atoms with Gasteiger partial charge in [-0.15, -0.1) is 0 Å². The van der Waals surface area contributed by atoms with Crippen molar-refractivity contribution in [3.05, 3.63) is 22.5 Å². The maximum Gasteiger partial charge on any atom is 0.250 e. The van der Waals surface area contributed by atoms with Crippen molar-refractivity contribution in [2.75, 3.05) is 24.6 Å². The predicted molar refractivity (Wildman–Crippen MR) is 107 cm³/mol. The average molecular weight is 374 g/mol. The largest absolute Gasteiger partial charge is 0.356 e. The minimum absolute atomic E-state index is 0.00286. The molecule has 0 amide bonds. The van der Waals surface area contributed by atoms with Crippen LogP contribution in [0.5, 0.6) is 0 Å². The van der Waals surface area contributed by atoms with Gasteiger partial charge in [-0.3, -0.25) is 4.79 Å². The van der Waals surface area contributed by atoms with Gasteiger partial charge in [0, 0.05) is 44.9 Å². The summed E-state index contributed by atoms with van der Waals surface area (Å²) in [4.78, 5) is 14.9. The molecule has 2 aliphatic rings. The number of hydrogen-bond donors (Lipinski definition) is 1. The van der Waals surface area contributed by atoms with Gasteiger partial charge < -0.3 is 19.5 Å². The maximum absolute atomic E-state index is 12.4. The molecule has 27 heavy (non-hydrogen) atoms. The lowest BCUT2D eigenvalue weighted by Gasteiger charge is -2.42. The molecule has 0 aromatic carbocycles. The van der Waals surface area contributed by atoms with Crippen LogP contribution < -0.4 is 15.8 Å². The third-order valence-corrected chi connectivity index (χ3v) is 6.10. The Morgan fingerprint density at radius 1 is 1.26 bits per heavy atom. The van der Waals surface area contributed by atoms with E-state index >= 15 is 0 Å². The van der Waals surface area contributed by atoms with E-state index < -0.39 is 0 Å². The molecule has 4 heterocycles. The molecule has 0 saturated carbocycles. The number of hydrogen-bond acceptors (Lipinski definition) is 5. The summed E-state index contributed by atoms with van der Waals surface area (Å²) in [6, 6.07) is 4.28. The highest BCUT2D eigenvalue weighted by molar-refractivity contribution is 5.87. The van der Waals surface area contributed by atoms with E-state index in [0.717, 1.165) is 68.7 Å². The van der Waals surface area contributed by atoms with Crippen LogP contribution in [0.15, 0.2) is 16.9 Å². The molecule has 1 unspecified atom stereocenters. The summed E-state index contributed by atoms with van der Waals surface area (Å²) in [5.74, 6) is 1.05. The van der Waals surface area contributed by atoms with Gasteiger partial charge in [-0.05, 0) is 38.2 Å². The van der Waals surface area contributed by atoms with E-state index in [4.69, 9.17) is 9.84 Å². The Labute approximate surface area is 160 Å². The molecule has 0 bridgehead atoms. The number of aryl methyl sites for hydroxylation is 1. The standard InChI is InChI=1S/C20H31N5O2/c1-4-14-13-24(15(5-2)12-21-14)20-19-16(9-10-17(26)23(19)3)22-25(20)18-8-6-7-11-27-18/h9-10,14-15,18,21H,4-8,11-13H2,1-3H3/t14-,15+,18?/m1/s1. The maximum atomic E-state index is 12.4. The fourth-order valence-electron chi connectivity index (χ4n) is 4.39. The van der Waals surface area contributed by atoms with Gasteiger partial charge in [0.15, 0.2) is 12.0 Å². The predicted octanol–water partition coefficient (Wildman–Crippen LogP) is 2.40. The lowest BCUT2D eigenvalue weighted by atomic mass is 10.0. The molecule has 7 heteroatoms. The second-order valence-electron chi connectivity index (χ2n) is 7.78. The highest BCUT2D eigenvalue weighted by Gasteiger charge is 2.33. The van der Waals surface area contributed by atoms with Crippen molar-refractivity contribution in [1.82, 2.24) is 19.7 Å². The number of pyridine rings is 1. The topological polar surface area (TPSA) is 64.3 Å². The fourth-order valence-corrected chi connectivity index (χ4v) is 4.39. The monoisotopic (exact) mass is 373 g/mol. The van der Waals surface area contributed by atoms with E-state index in [1.165, 1.54) is 0 Å². The molecule has 148 valence electrons. The SMILES string of the molecule is CC[C@@H]1CN(c2c3c(ccc(=O)n3C)nn2C2CCCCO2)[C@@H](CC)CN1. The van der Waals surface area contributed by atoms with Crippen LogP contribution in [0.1, 0.15) is 52.2 Å². The van der Waals surface area contributed by atoms with Crippen LogP contribution in [0.25, 0.3) is 11.0 Å². The molecular weight excluding hydrogens is 342 g/mol. The van der Waals surface area contributed by atoms with Crippen LogP contribution in [0, 0.1) is 0 Å². The highest BCUT2D eigenvalue weighted by atomic mass is 16.5. The van der Waals surface area contributed by atoms with E-state index in [1.807, 2.05) is 13.1 Å². The van der Waals surface area contributed by atoms with E-state index in [9.17, 15) is 4.79 Å². The van der Waals surface area contributed by atoms with E-state index in [-0.39, 0.29) is 11.8 Å². The quantitative estimate of drug-likeness (QED) is 0.892. The van der Waals surface area contributed by atoms with Gasteiger partial charge in [0.25, 0.3) is 5.56 Å². The van der Waals surface area contributed by atoms with Crippen LogP contribution in [-0.2, 0) is 11.8 Å². The number of rotatable bonds is 4. The van der Waals surface area contributed by atoms with Crippen molar-refractivity contribution in [1.29, 1.82) is 0 Å². The summed E-state index contributed by atoms with van der Waals surface area (Å²) < 4.78 is 9.89. The Hall–Kier alpha value is -1.86. The van der Waals surface area contributed by atoms with Gasteiger partial charge in [-0.2, -0.15) is 5.10 Å². The second-order valence-corrected chi connectivity index (χ2v) is 7.78. The first kappa shape index (κ1) is 18.5. The Bertz CT molecular complexity index is 852. The summed E-state index contributed by atoms with van der Waals surface area (Å²) in [7, 11) is 1.85. The normalized spacial score (nSPS) is 26.6. The minimum atomic E-state index is -0.0521. The molecule has 0 radical (unpaired) electrons. The summed E-state index contributed by atoms with van der Waals surface area (Å²) in [6.07, 6.45) is 5.29. The summed E-state index contributed by atoms with van der Waals surface area (Å²) >= 11 is 0. The first-order valence-corrected chi connectivity index (χ1v) is 10.3. The lowest BCUT2D eigenvalue weighted by Crippen LogP contribution is -2.57. The smallest absolute Gasteiger partial charge is 0.250 e. The molecule has 2 fully saturated rings. The molecule has 0 aliphatic carbocycles. The lowest BCUT2D eigenvalue weighted by molar-refractivity contribution is -0.0383. The summed E-state index contributed by atoms with van der Waals surface area (Å²) in [5.41, 5.74) is 1.79. The first-order valence-electron chi connectivity index (χ1n) is 10.3. The third-order valence-electron chi connectivity index (χ3n) is 6.10. The van der Waals surface area contributed by atoms with Gasteiger partial charge in [0.05, 0.1) is 0 Å². The van der Waals surface area contributed by atoms with Crippen LogP contribution in [0.2, 0.25) is 0 Å². The number of nitrogens with zero attached hydrogens (tertiary/aromatic N) is 4. The zero-order valence-electron chi connectivity index (χ0n) is 16.6. The Morgan fingerprint density at radius 2 is 2.11 bits per heavy atom. The van der Waals surface area contributed by atoms with Crippen LogP contribution in [0.4, 0.5) is 5.82 Å². The molecule has 2 aliphatic heterocycles. The highest BCUT2D eigenvalue weighted by Crippen LogP contribution is 2.35. The molecule has 7 nitrogen and oxygen atoms in total. The zero-order valence-corrected chi connectivity index (χ0v) is 16.6. The first-order chi connectivity index (χ1) is 13.1. The van der Waals surface area contributed by atoms with Crippen molar-refractivity contribution >= 4 is 16.9 Å². The molecule has 0 spiro atoms. The number of piperazine rings is 1. The number of anilines is 1. The number of nitrogens with one attached hydrogen (secondary N) is 1. The average Bonchev–Trinajstić information content (AvgIpc) is 3.11. The second kappa shape index (κ2) is 7.64. The number of fused-ring (bicyclic) bond motifs is 1. The third kappa shape index (κ3) is 3.27. The van der Waals surface area contributed by atoms with Gasteiger partial charge in [-0.25, -0.2) is 4.68 Å². The molecule has 3 atom stereocenters. The Kier molecular flexibility index (Phi) is 5.23. The summed E-state index contributed by atoms with van der Waals surface area (Å²) in [6.45, 7) is 7.09. The van der Waals surface area contributed by atoms with Crippen molar-refractivity contribution in [2.45, 2.75) is 64.3 Å². The fraction of sp³-hybridized carbons (Fsp3) is 0.700. The minimum Gasteiger partial charge on any atom is -0.356 e. The Balaban J connectivity index is 1.89. The number of ether oxygens (including phenoxy) is 1. The van der Waals surface area contributed by atoms with Crippen molar-refractivity contribution in [2.24, 2.45) is 7.05 Å². The van der Waals surface area contributed by atoms with Crippen molar-refractivity contribution in [3.63, 3.8) is 0 Å². The van der Waals surface area contributed by atoms with Gasteiger partial charge in [-0.1, -0.05) is 13.8 Å². The molecule has 2 aromatic rings. The van der Waals surface area contributed by atoms with E-state index in [1.54, 1.807) is 10.6 Å². The molecule has 2 aromatic heterocycles. The van der Waals surface area contributed by atoms with E-state index in [0.29, 0.717) is 12.1 Å². The molecule has 4 rings (SSSR count). The zero-order chi connectivity index (χ0) is 19.0. The number of aromatic nitrogens is 3. The van der Waals surface area contributed by atoms with Crippen molar-refractivity contribution in [3.8, 4) is 0 Å². The van der Waals surface area contributed by atoms with Crippen LogP contribution in [-0.4, -0.2) is 46.1 Å². The van der Waals surface area contributed by atoms with Gasteiger partial charge in [0.2, 0.25) is 0 Å². The van der Waals surface area contributed by atoms with Gasteiger partial charge in [0.1, 0.15) is 11.0 Å². The van der Waals surface area contributed by atoms with Crippen LogP contribution >= 0.6 is 0 Å². The van der Waals surface area contributed by atoms with Crippen LogP contribution in [0.3, 0.4) is 0 Å². The molecule has 1 N–H and O–H groups in total. The van der Waals surface area contributed by atoms with Gasteiger partial charge >= 0.3 is 0 Å². The molecule has 2 saturated heterocycles. The van der Waals surface area contributed by atoms with E-state index in [2.05, 4.69) is 28.7 Å². The molecular formula is C20H31N5O2. The summed E-state index contributed by atoms with van der Waals surface area (Å²) in [5, 5.41) is 8.57. The Morgan fingerprint density at radius 3 is 2.81 bits per heavy atom. The van der Waals surface area contributed by atoms with Crippen molar-refractivity contribution < 1.29 is 4.74 Å².